The van der Waals surface area contributed by atoms with Crippen molar-refractivity contribution in [3.8, 4) is 0 Å². The summed E-state index contributed by atoms with van der Waals surface area (Å²) in [5.74, 6) is 0. The van der Waals surface area contributed by atoms with Gasteiger partial charge in [0.2, 0.25) is 0 Å². The molecule has 0 spiro atoms. The number of unbranched alkanes of at least 4 members (excludes halogenated alkanes) is 9. The first kappa shape index (κ1) is 23.9. The molecule has 0 bridgehead atoms. The van der Waals surface area contributed by atoms with Crippen molar-refractivity contribution in [1.82, 2.24) is 0 Å². The quantitative estimate of drug-likeness (QED) is 0.264. The van der Waals surface area contributed by atoms with E-state index in [4.69, 9.17) is 0 Å². The molecule has 0 aromatic carbocycles. The highest BCUT2D eigenvalue weighted by Crippen LogP contribution is 2.19. The van der Waals surface area contributed by atoms with Gasteiger partial charge >= 0.3 is 0 Å². The minimum Gasteiger partial charge on any atom is -0.393 e. The van der Waals surface area contributed by atoms with Gasteiger partial charge in [0.15, 0.2) is 0 Å². The van der Waals surface area contributed by atoms with E-state index in [1.165, 1.54) is 38.5 Å². The highest BCUT2D eigenvalue weighted by atomic mass is 32.2. The fourth-order valence-corrected chi connectivity index (χ4v) is 4.00. The van der Waals surface area contributed by atoms with Crippen molar-refractivity contribution in [3.63, 3.8) is 0 Å². The molecule has 0 aromatic heterocycles. The molecule has 2 atom stereocenters. The van der Waals surface area contributed by atoms with Gasteiger partial charge in [-0.2, -0.15) is 8.42 Å². The topological polar surface area (TPSA) is 74.6 Å². The summed E-state index contributed by atoms with van der Waals surface area (Å²) in [4.78, 5) is 0. The second kappa shape index (κ2) is 15.2. The molecular weight excluding hydrogens is 324 g/mol. The van der Waals surface area contributed by atoms with Gasteiger partial charge in [-0.05, 0) is 25.7 Å². The van der Waals surface area contributed by atoms with Gasteiger partial charge in [0.25, 0.3) is 10.1 Å². The lowest BCUT2D eigenvalue weighted by Crippen LogP contribution is -2.22. The van der Waals surface area contributed by atoms with Crippen LogP contribution in [0.2, 0.25) is 0 Å². The number of aliphatic hydroxyl groups excluding tert-OH is 1. The molecule has 24 heavy (non-hydrogen) atoms. The molecule has 0 saturated heterocycles. The van der Waals surface area contributed by atoms with E-state index < -0.39 is 21.5 Å². The third kappa shape index (κ3) is 14.2. The second-order valence-electron chi connectivity index (χ2n) is 7.13. The van der Waals surface area contributed by atoms with Crippen molar-refractivity contribution in [3.05, 3.63) is 0 Å². The summed E-state index contributed by atoms with van der Waals surface area (Å²) in [6, 6.07) is 0. The summed E-state index contributed by atoms with van der Waals surface area (Å²) in [6.07, 6.45) is 14.0. The maximum atomic E-state index is 11.5. The first-order valence-corrected chi connectivity index (χ1v) is 11.6. The summed E-state index contributed by atoms with van der Waals surface area (Å²) >= 11 is 0. The summed E-state index contributed by atoms with van der Waals surface area (Å²) < 4.78 is 32.4. The highest BCUT2D eigenvalue weighted by molar-refractivity contribution is 7.86. The molecule has 0 radical (unpaired) electrons. The van der Waals surface area contributed by atoms with Crippen molar-refractivity contribution >= 4 is 10.1 Å². The number of hydrogen-bond acceptors (Lipinski definition) is 3. The first-order valence-electron chi connectivity index (χ1n) is 10.1. The monoisotopic (exact) mass is 364 g/mol. The molecule has 2 unspecified atom stereocenters. The van der Waals surface area contributed by atoms with E-state index in [0.717, 1.165) is 38.5 Å². The molecule has 0 aliphatic heterocycles. The zero-order valence-corrected chi connectivity index (χ0v) is 16.7. The van der Waals surface area contributed by atoms with Crippen LogP contribution in [0.3, 0.4) is 0 Å². The molecule has 146 valence electrons. The molecule has 0 aliphatic rings. The van der Waals surface area contributed by atoms with Gasteiger partial charge in [0.05, 0.1) is 11.4 Å². The van der Waals surface area contributed by atoms with Crippen LogP contribution in [0.4, 0.5) is 0 Å². The van der Waals surface area contributed by atoms with Crippen LogP contribution in [0, 0.1) is 0 Å². The average molecular weight is 365 g/mol. The number of aliphatic hydroxyl groups is 1. The molecule has 0 aliphatic carbocycles. The van der Waals surface area contributed by atoms with Crippen LogP contribution in [0.25, 0.3) is 0 Å². The van der Waals surface area contributed by atoms with Crippen LogP contribution in [0.1, 0.15) is 110 Å². The van der Waals surface area contributed by atoms with Crippen LogP contribution in [0.15, 0.2) is 0 Å². The van der Waals surface area contributed by atoms with Crippen LogP contribution in [-0.2, 0) is 10.1 Å². The predicted octanol–water partition coefficient (Wildman–Crippen LogP) is 5.50. The van der Waals surface area contributed by atoms with Crippen molar-refractivity contribution < 1.29 is 18.1 Å². The molecule has 0 rings (SSSR count). The van der Waals surface area contributed by atoms with E-state index >= 15 is 0 Å². The molecule has 4 nitrogen and oxygen atoms in total. The zero-order chi connectivity index (χ0) is 18.3. The molecule has 0 heterocycles. The van der Waals surface area contributed by atoms with Gasteiger partial charge in [0, 0.05) is 0 Å². The maximum Gasteiger partial charge on any atom is 0.267 e. The smallest absolute Gasteiger partial charge is 0.267 e. The largest absolute Gasteiger partial charge is 0.393 e. The average Bonchev–Trinajstić information content (AvgIpc) is 2.52. The molecule has 5 heteroatoms. The Morgan fingerprint density at radius 1 is 0.667 bits per heavy atom. The maximum absolute atomic E-state index is 11.5. The van der Waals surface area contributed by atoms with Crippen molar-refractivity contribution in [1.29, 1.82) is 0 Å². The molecule has 0 amide bonds. The van der Waals surface area contributed by atoms with E-state index in [1.54, 1.807) is 0 Å². The number of rotatable bonds is 17. The Morgan fingerprint density at radius 2 is 1.12 bits per heavy atom. The Balaban J connectivity index is 3.94. The molecular formula is C19H40O4S. The number of hydrogen-bond donors (Lipinski definition) is 2. The summed E-state index contributed by atoms with van der Waals surface area (Å²) in [5.41, 5.74) is 0. The SMILES string of the molecule is CCCCCCCCCC(CCC(O)CCCCCC)S(=O)(=O)O. The third-order valence-corrected chi connectivity index (χ3v) is 6.08. The Kier molecular flexibility index (Phi) is 15.1. The Bertz CT molecular complexity index is 368. The van der Waals surface area contributed by atoms with E-state index in [-0.39, 0.29) is 0 Å². The van der Waals surface area contributed by atoms with Crippen LogP contribution < -0.4 is 0 Å². The van der Waals surface area contributed by atoms with Crippen LogP contribution in [-0.4, -0.2) is 29.4 Å². The van der Waals surface area contributed by atoms with Gasteiger partial charge in [-0.3, -0.25) is 4.55 Å². The molecule has 0 fully saturated rings. The van der Waals surface area contributed by atoms with Crippen LogP contribution >= 0.6 is 0 Å². The highest BCUT2D eigenvalue weighted by Gasteiger charge is 2.23. The Morgan fingerprint density at radius 3 is 1.67 bits per heavy atom. The van der Waals surface area contributed by atoms with Gasteiger partial charge in [-0.1, -0.05) is 84.5 Å². The fraction of sp³-hybridized carbons (Fsp3) is 1.00. The lowest BCUT2D eigenvalue weighted by Gasteiger charge is -2.16. The standard InChI is InChI=1S/C19H40O4S/c1-3-5-7-9-10-11-13-15-19(24(21,22)23)17-16-18(20)14-12-8-6-4-2/h18-20H,3-17H2,1-2H3,(H,21,22,23). The molecule has 2 N–H and O–H groups in total. The van der Waals surface area contributed by atoms with Crippen molar-refractivity contribution in [2.24, 2.45) is 0 Å². The van der Waals surface area contributed by atoms with Crippen LogP contribution in [0.5, 0.6) is 0 Å². The van der Waals surface area contributed by atoms with E-state index in [2.05, 4.69) is 13.8 Å². The molecule has 0 saturated carbocycles. The third-order valence-electron chi connectivity index (χ3n) is 4.76. The van der Waals surface area contributed by atoms with E-state index in [1.807, 2.05) is 0 Å². The Hall–Kier alpha value is -0.130. The van der Waals surface area contributed by atoms with Gasteiger partial charge in [0.1, 0.15) is 0 Å². The summed E-state index contributed by atoms with van der Waals surface area (Å²) in [7, 11) is -4.00. The Labute approximate surface area is 150 Å². The van der Waals surface area contributed by atoms with Gasteiger partial charge in [-0.15, -0.1) is 0 Å². The van der Waals surface area contributed by atoms with Crippen molar-refractivity contribution in [2.75, 3.05) is 0 Å². The minimum absolute atomic E-state index is 0.365. The first-order chi connectivity index (χ1) is 11.4. The lowest BCUT2D eigenvalue weighted by atomic mass is 10.0. The minimum atomic E-state index is -4.00. The van der Waals surface area contributed by atoms with E-state index in [0.29, 0.717) is 19.3 Å². The van der Waals surface area contributed by atoms with Gasteiger partial charge in [-0.25, -0.2) is 0 Å². The summed E-state index contributed by atoms with van der Waals surface area (Å²) in [5, 5.41) is 9.27. The lowest BCUT2D eigenvalue weighted by molar-refractivity contribution is 0.147. The summed E-state index contributed by atoms with van der Waals surface area (Å²) in [6.45, 7) is 4.34. The van der Waals surface area contributed by atoms with E-state index in [9.17, 15) is 18.1 Å². The van der Waals surface area contributed by atoms with Gasteiger partial charge < -0.3 is 5.11 Å². The normalized spacial score (nSPS) is 14.7. The fourth-order valence-electron chi connectivity index (χ4n) is 3.10. The zero-order valence-electron chi connectivity index (χ0n) is 15.9. The second-order valence-corrected chi connectivity index (χ2v) is 8.82. The van der Waals surface area contributed by atoms with Crippen molar-refractivity contribution in [2.45, 2.75) is 122 Å². The molecule has 0 aromatic rings. The predicted molar refractivity (Wildman–Crippen MR) is 102 cm³/mol.